The largest absolute Gasteiger partial charge is 0.496 e. The van der Waals surface area contributed by atoms with E-state index in [1.807, 2.05) is 66.1 Å². The lowest BCUT2D eigenvalue weighted by Crippen LogP contribution is -2.12. The Morgan fingerprint density at radius 1 is 1.06 bits per heavy atom. The molecule has 0 aliphatic rings. The van der Waals surface area contributed by atoms with E-state index in [0.717, 1.165) is 39.3 Å². The summed E-state index contributed by atoms with van der Waals surface area (Å²) in [5, 5.41) is 23.8. The van der Waals surface area contributed by atoms with Crippen LogP contribution in [0.4, 0.5) is 0 Å². The average Bonchev–Trinajstić information content (AvgIpc) is 3.49. The molecule has 0 spiro atoms. The van der Waals surface area contributed by atoms with Crippen LogP contribution in [0.5, 0.6) is 11.6 Å². The van der Waals surface area contributed by atoms with Crippen LogP contribution in [-0.4, -0.2) is 32.1 Å². The van der Waals surface area contributed by atoms with Gasteiger partial charge in [0.2, 0.25) is 5.88 Å². The zero-order chi connectivity index (χ0) is 23.3. The predicted octanol–water partition coefficient (Wildman–Crippen LogP) is 6.00. The van der Waals surface area contributed by atoms with Crippen LogP contribution >= 0.6 is 0 Å². The van der Waals surface area contributed by atoms with Crippen molar-refractivity contribution in [3.63, 3.8) is 0 Å². The molecule has 5 aromatic rings. The first-order valence-electron chi connectivity index (χ1n) is 10.8. The van der Waals surface area contributed by atoms with Gasteiger partial charge in [-0.3, -0.25) is 9.67 Å². The number of para-hydroxylation sites is 1. The fourth-order valence-electron chi connectivity index (χ4n) is 4.23. The van der Waals surface area contributed by atoms with Crippen LogP contribution in [0, 0.1) is 6.92 Å². The highest BCUT2D eigenvalue weighted by molar-refractivity contribution is 6.02. The molecule has 0 saturated carbocycles. The molecule has 0 atom stereocenters. The van der Waals surface area contributed by atoms with Gasteiger partial charge < -0.3 is 14.4 Å². The van der Waals surface area contributed by atoms with E-state index >= 15 is 0 Å². The Labute approximate surface area is 191 Å². The molecule has 33 heavy (non-hydrogen) atoms. The van der Waals surface area contributed by atoms with Crippen LogP contribution in [0.15, 0.2) is 59.1 Å². The number of hydrogen-bond donors (Lipinski definition) is 2. The van der Waals surface area contributed by atoms with Crippen molar-refractivity contribution >= 4 is 10.9 Å². The van der Waals surface area contributed by atoms with Gasteiger partial charge >= 0.3 is 0 Å². The molecule has 5 rings (SSSR count). The van der Waals surface area contributed by atoms with E-state index in [0.29, 0.717) is 17.0 Å². The number of H-pyrrole nitrogens is 1. The molecule has 3 aromatic heterocycles. The highest BCUT2D eigenvalue weighted by Crippen LogP contribution is 2.46. The molecule has 0 unspecified atom stereocenters. The van der Waals surface area contributed by atoms with Gasteiger partial charge in [-0.2, -0.15) is 5.10 Å². The second kappa shape index (κ2) is 7.55. The van der Waals surface area contributed by atoms with Gasteiger partial charge in [0.1, 0.15) is 11.3 Å². The van der Waals surface area contributed by atoms with Crippen molar-refractivity contribution < 1.29 is 14.4 Å². The maximum atomic E-state index is 11.3. The van der Waals surface area contributed by atoms with E-state index in [1.165, 1.54) is 0 Å². The Balaban J connectivity index is 1.79. The third kappa shape index (κ3) is 3.36. The standard InChI is InChI=1S/C26H26N4O3/c1-15-14-20(33-29-15)16-10-12-17(13-11-16)30-23(18-8-6-7-9-19(18)32-5)21-22(25(30)31)27-28-24(21)26(2,3)4/h6-14,27,31H,1-5H3. The number of methoxy groups -OCH3 is 1. The SMILES string of the molecule is COc1ccccc1-c1c2c(C(C)(C)C)n[nH]c2c(O)n1-c1ccc(-c2cc(C)no2)cc1. The van der Waals surface area contributed by atoms with Crippen molar-refractivity contribution in [2.75, 3.05) is 7.11 Å². The van der Waals surface area contributed by atoms with Gasteiger partial charge in [-0.1, -0.05) is 38.1 Å². The Morgan fingerprint density at radius 2 is 1.79 bits per heavy atom. The Kier molecular flexibility index (Phi) is 4.78. The van der Waals surface area contributed by atoms with Crippen LogP contribution in [0.25, 0.3) is 39.2 Å². The molecule has 0 aliphatic carbocycles. The number of hydrogen-bond acceptors (Lipinski definition) is 5. The quantitative estimate of drug-likeness (QED) is 0.357. The van der Waals surface area contributed by atoms with Crippen LogP contribution in [-0.2, 0) is 5.41 Å². The lowest BCUT2D eigenvalue weighted by molar-refractivity contribution is 0.416. The molecule has 0 aliphatic heterocycles. The number of fused-ring (bicyclic) bond motifs is 1. The zero-order valence-corrected chi connectivity index (χ0v) is 19.3. The summed E-state index contributed by atoms with van der Waals surface area (Å²) in [6.45, 7) is 8.22. The van der Waals surface area contributed by atoms with Crippen molar-refractivity contribution in [3.8, 4) is 39.9 Å². The summed E-state index contributed by atoms with van der Waals surface area (Å²) in [6, 6.07) is 17.5. The third-order valence-corrected chi connectivity index (χ3v) is 5.77. The number of ether oxygens (including phenoxy) is 1. The smallest absolute Gasteiger partial charge is 0.222 e. The van der Waals surface area contributed by atoms with Crippen LogP contribution in [0.2, 0.25) is 0 Å². The molecular weight excluding hydrogens is 416 g/mol. The highest BCUT2D eigenvalue weighted by Gasteiger charge is 2.30. The summed E-state index contributed by atoms with van der Waals surface area (Å²) in [7, 11) is 1.65. The number of nitrogens with one attached hydrogen (secondary N) is 1. The topological polar surface area (TPSA) is 89.1 Å². The molecule has 0 fully saturated rings. The number of aromatic amines is 1. The fraction of sp³-hybridized carbons (Fsp3) is 0.231. The van der Waals surface area contributed by atoms with Crippen molar-refractivity contribution in [2.24, 2.45) is 0 Å². The molecule has 0 saturated heterocycles. The Morgan fingerprint density at radius 3 is 2.42 bits per heavy atom. The number of benzene rings is 2. The van der Waals surface area contributed by atoms with Gasteiger partial charge in [-0.25, -0.2) is 0 Å². The maximum Gasteiger partial charge on any atom is 0.222 e. The molecule has 0 radical (unpaired) electrons. The van der Waals surface area contributed by atoms with E-state index in [2.05, 4.69) is 36.1 Å². The molecule has 3 heterocycles. The molecule has 7 heteroatoms. The second-order valence-corrected chi connectivity index (χ2v) is 9.16. The monoisotopic (exact) mass is 442 g/mol. The molecule has 168 valence electrons. The molecule has 0 amide bonds. The van der Waals surface area contributed by atoms with Crippen LogP contribution in [0.1, 0.15) is 32.2 Å². The van der Waals surface area contributed by atoms with Crippen molar-refractivity contribution in [2.45, 2.75) is 33.1 Å². The van der Waals surface area contributed by atoms with Gasteiger partial charge in [-0.15, -0.1) is 0 Å². The summed E-state index contributed by atoms with van der Waals surface area (Å²) in [4.78, 5) is 0. The number of aromatic nitrogens is 4. The lowest BCUT2D eigenvalue weighted by atomic mass is 9.89. The number of aryl methyl sites for hydroxylation is 1. The minimum Gasteiger partial charge on any atom is -0.496 e. The second-order valence-electron chi connectivity index (χ2n) is 9.16. The minimum atomic E-state index is -0.234. The number of rotatable bonds is 4. The summed E-state index contributed by atoms with van der Waals surface area (Å²) in [5.74, 6) is 1.51. The summed E-state index contributed by atoms with van der Waals surface area (Å²) < 4.78 is 12.9. The molecule has 0 bridgehead atoms. The first kappa shape index (κ1) is 20.9. The molecule has 7 nitrogen and oxygen atoms in total. The Hall–Kier alpha value is -4.00. The van der Waals surface area contributed by atoms with Crippen molar-refractivity contribution in [1.29, 1.82) is 0 Å². The molecular formula is C26H26N4O3. The van der Waals surface area contributed by atoms with Gasteiger partial charge in [0.05, 0.1) is 29.6 Å². The number of aromatic hydroxyl groups is 1. The lowest BCUT2D eigenvalue weighted by Gasteiger charge is -2.18. The summed E-state index contributed by atoms with van der Waals surface area (Å²) >= 11 is 0. The first-order chi connectivity index (χ1) is 15.8. The normalized spacial score (nSPS) is 11.9. The van der Waals surface area contributed by atoms with E-state index in [9.17, 15) is 5.11 Å². The summed E-state index contributed by atoms with van der Waals surface area (Å²) in [6.07, 6.45) is 0. The highest BCUT2D eigenvalue weighted by atomic mass is 16.5. The molecule has 2 aromatic carbocycles. The minimum absolute atomic E-state index is 0.0946. The van der Waals surface area contributed by atoms with Gasteiger partial charge in [-0.05, 0) is 43.3 Å². The van der Waals surface area contributed by atoms with E-state index in [-0.39, 0.29) is 11.3 Å². The predicted molar refractivity (Wildman–Crippen MR) is 128 cm³/mol. The third-order valence-electron chi connectivity index (χ3n) is 5.77. The van der Waals surface area contributed by atoms with Gasteiger partial charge in [0.25, 0.3) is 0 Å². The molecule has 2 N–H and O–H groups in total. The van der Waals surface area contributed by atoms with Crippen LogP contribution in [0.3, 0.4) is 0 Å². The van der Waals surface area contributed by atoms with E-state index < -0.39 is 0 Å². The van der Waals surface area contributed by atoms with E-state index in [4.69, 9.17) is 9.26 Å². The maximum absolute atomic E-state index is 11.3. The van der Waals surface area contributed by atoms with Gasteiger partial charge in [0.15, 0.2) is 5.76 Å². The summed E-state index contributed by atoms with van der Waals surface area (Å²) in [5.41, 5.74) is 5.46. The number of nitrogens with zero attached hydrogens (tertiary/aromatic N) is 3. The first-order valence-corrected chi connectivity index (χ1v) is 10.8. The average molecular weight is 443 g/mol. The van der Waals surface area contributed by atoms with Crippen LogP contribution < -0.4 is 4.74 Å². The Bertz CT molecular complexity index is 1450. The van der Waals surface area contributed by atoms with Crippen molar-refractivity contribution in [3.05, 3.63) is 66.0 Å². The van der Waals surface area contributed by atoms with E-state index in [1.54, 1.807) is 7.11 Å². The fourth-order valence-corrected chi connectivity index (χ4v) is 4.23. The zero-order valence-electron chi connectivity index (χ0n) is 19.3. The van der Waals surface area contributed by atoms with Gasteiger partial charge in [0, 0.05) is 28.3 Å². The van der Waals surface area contributed by atoms with Crippen molar-refractivity contribution in [1.82, 2.24) is 19.9 Å².